The molecule has 0 atom stereocenters. The quantitative estimate of drug-likeness (QED) is 0.281. The van der Waals surface area contributed by atoms with Gasteiger partial charge in [0, 0.05) is 11.9 Å². The first-order valence-electron chi connectivity index (χ1n) is 7.69. The number of rotatable bonds is 7. The maximum absolute atomic E-state index is 12.6. The molecule has 2 rings (SSSR count). The van der Waals surface area contributed by atoms with E-state index in [-0.39, 0.29) is 20.5 Å². The molecule has 0 fully saturated rings. The molecule has 7 nitrogen and oxygen atoms in total. The summed E-state index contributed by atoms with van der Waals surface area (Å²) >= 11 is 14.0. The number of carbonyl (C=O) groups excluding carboxylic acids is 1. The highest BCUT2D eigenvalue weighted by molar-refractivity contribution is 7.98. The molecule has 28 heavy (non-hydrogen) atoms. The number of nitriles is 1. The summed E-state index contributed by atoms with van der Waals surface area (Å²) in [7, 11) is -3.41. The SMILES string of the molecule is CSCN(NC#N)c1cc(Cl)c(C(=O)Nc2cccc(S(C)(=O)=O)c2)c(Cl)c1. The van der Waals surface area contributed by atoms with E-state index >= 15 is 0 Å². The number of anilines is 2. The summed E-state index contributed by atoms with van der Waals surface area (Å²) in [6.45, 7) is 0. The largest absolute Gasteiger partial charge is 0.322 e. The van der Waals surface area contributed by atoms with Crippen LogP contribution in [-0.4, -0.2) is 32.7 Å². The summed E-state index contributed by atoms with van der Waals surface area (Å²) < 4.78 is 23.3. The van der Waals surface area contributed by atoms with Gasteiger partial charge < -0.3 is 5.32 Å². The van der Waals surface area contributed by atoms with Crippen molar-refractivity contribution in [3.63, 3.8) is 0 Å². The fourth-order valence-electron chi connectivity index (χ4n) is 2.29. The highest BCUT2D eigenvalue weighted by Gasteiger charge is 2.19. The van der Waals surface area contributed by atoms with E-state index in [1.807, 2.05) is 12.4 Å². The molecule has 0 spiro atoms. The van der Waals surface area contributed by atoms with Crippen molar-refractivity contribution in [2.24, 2.45) is 0 Å². The summed E-state index contributed by atoms with van der Waals surface area (Å²) in [5.41, 5.74) is 3.35. The Kier molecular flexibility index (Phi) is 7.43. The van der Waals surface area contributed by atoms with Crippen molar-refractivity contribution in [1.29, 1.82) is 5.26 Å². The molecule has 0 aliphatic rings. The number of nitrogens with one attached hydrogen (secondary N) is 2. The molecule has 0 saturated heterocycles. The van der Waals surface area contributed by atoms with Crippen LogP contribution in [0.3, 0.4) is 0 Å². The summed E-state index contributed by atoms with van der Waals surface area (Å²) in [6.07, 6.45) is 4.77. The third-order valence-corrected chi connectivity index (χ3v) is 5.75. The van der Waals surface area contributed by atoms with Gasteiger partial charge in [0.2, 0.25) is 0 Å². The van der Waals surface area contributed by atoms with Gasteiger partial charge in [0.1, 0.15) is 0 Å². The van der Waals surface area contributed by atoms with E-state index in [9.17, 15) is 13.2 Å². The van der Waals surface area contributed by atoms with Crippen LogP contribution >= 0.6 is 35.0 Å². The first kappa shape index (κ1) is 22.2. The Hall–Kier alpha value is -2.12. The van der Waals surface area contributed by atoms with E-state index in [2.05, 4.69) is 10.7 Å². The van der Waals surface area contributed by atoms with Gasteiger partial charge in [0.05, 0.1) is 32.1 Å². The van der Waals surface area contributed by atoms with Crippen LogP contribution in [0.2, 0.25) is 10.0 Å². The predicted molar refractivity (Wildman–Crippen MR) is 114 cm³/mol. The molecule has 0 unspecified atom stereocenters. The second kappa shape index (κ2) is 9.39. The van der Waals surface area contributed by atoms with Crippen molar-refractivity contribution in [3.05, 3.63) is 52.0 Å². The molecule has 0 aromatic heterocycles. The first-order chi connectivity index (χ1) is 13.2. The highest BCUT2D eigenvalue weighted by Crippen LogP contribution is 2.31. The molecule has 0 aliphatic heterocycles. The lowest BCUT2D eigenvalue weighted by Gasteiger charge is -2.22. The smallest absolute Gasteiger partial charge is 0.258 e. The second-order valence-electron chi connectivity index (χ2n) is 5.61. The fraction of sp³-hybridized carbons (Fsp3) is 0.176. The Labute approximate surface area is 177 Å². The van der Waals surface area contributed by atoms with Gasteiger partial charge in [-0.3, -0.25) is 9.80 Å². The van der Waals surface area contributed by atoms with E-state index in [4.69, 9.17) is 28.5 Å². The molecule has 0 saturated carbocycles. The average molecular weight is 459 g/mol. The topological polar surface area (TPSA) is 102 Å². The molecule has 11 heteroatoms. The van der Waals surface area contributed by atoms with E-state index in [0.717, 1.165) is 6.26 Å². The third-order valence-electron chi connectivity index (χ3n) is 3.53. The van der Waals surface area contributed by atoms with Crippen molar-refractivity contribution in [2.45, 2.75) is 4.90 Å². The maximum Gasteiger partial charge on any atom is 0.258 e. The summed E-state index contributed by atoms with van der Waals surface area (Å²) in [6, 6.07) is 8.88. The molecule has 148 valence electrons. The minimum absolute atomic E-state index is 0.0397. The Balaban J connectivity index is 2.33. The minimum atomic E-state index is -3.41. The lowest BCUT2D eigenvalue weighted by molar-refractivity contribution is 0.102. The number of halogens is 2. The highest BCUT2D eigenvalue weighted by atomic mass is 35.5. The standard InChI is InChI=1S/C17H16Cl2N4O3S2/c1-27-10-23(21-9-20)12-7-14(18)16(15(19)8-12)17(24)22-11-4-3-5-13(6-11)28(2,25)26/h3-8,21H,10H2,1-2H3,(H,22,24). The summed E-state index contributed by atoms with van der Waals surface area (Å²) in [5, 5.41) is 13.2. The molecule has 0 radical (unpaired) electrons. The van der Waals surface area contributed by atoms with Crippen LogP contribution in [0.4, 0.5) is 11.4 Å². The van der Waals surface area contributed by atoms with Crippen molar-refractivity contribution in [2.75, 3.05) is 28.7 Å². The van der Waals surface area contributed by atoms with Gasteiger partial charge >= 0.3 is 0 Å². The number of nitrogens with zero attached hydrogens (tertiary/aromatic N) is 2. The summed E-state index contributed by atoms with van der Waals surface area (Å²) in [4.78, 5) is 12.7. The number of thioether (sulfide) groups is 1. The average Bonchev–Trinajstić information content (AvgIpc) is 2.60. The Morgan fingerprint density at radius 3 is 2.43 bits per heavy atom. The normalized spacial score (nSPS) is 10.8. The minimum Gasteiger partial charge on any atom is -0.322 e. The van der Waals surface area contributed by atoms with Crippen LogP contribution in [0, 0.1) is 11.5 Å². The van der Waals surface area contributed by atoms with Crippen LogP contribution in [-0.2, 0) is 9.84 Å². The zero-order valence-corrected chi connectivity index (χ0v) is 18.0. The first-order valence-corrected chi connectivity index (χ1v) is 11.7. The lowest BCUT2D eigenvalue weighted by Crippen LogP contribution is -2.34. The Morgan fingerprint density at radius 1 is 1.25 bits per heavy atom. The molecular formula is C17H16Cl2N4O3S2. The summed E-state index contributed by atoms with van der Waals surface area (Å²) in [5.74, 6) is -0.138. The molecule has 2 aromatic rings. The Bertz CT molecular complexity index is 1020. The second-order valence-corrected chi connectivity index (χ2v) is 9.27. The molecule has 0 heterocycles. The molecule has 2 N–H and O–H groups in total. The number of benzene rings is 2. The van der Waals surface area contributed by atoms with Crippen molar-refractivity contribution in [3.8, 4) is 6.19 Å². The van der Waals surface area contributed by atoms with E-state index < -0.39 is 15.7 Å². The van der Waals surface area contributed by atoms with Crippen molar-refractivity contribution in [1.82, 2.24) is 5.43 Å². The van der Waals surface area contributed by atoms with Crippen LogP contribution in [0.15, 0.2) is 41.3 Å². The third kappa shape index (κ3) is 5.45. The van der Waals surface area contributed by atoms with E-state index in [1.165, 1.54) is 47.1 Å². The predicted octanol–water partition coefficient (Wildman–Crippen LogP) is 3.76. The molecule has 0 bridgehead atoms. The van der Waals surface area contributed by atoms with Crippen LogP contribution in [0.5, 0.6) is 0 Å². The van der Waals surface area contributed by atoms with Gasteiger partial charge in [0.15, 0.2) is 16.0 Å². The van der Waals surface area contributed by atoms with Gasteiger partial charge in [0.25, 0.3) is 5.91 Å². The van der Waals surface area contributed by atoms with Gasteiger partial charge in [-0.1, -0.05) is 29.3 Å². The molecular weight excluding hydrogens is 443 g/mol. The molecule has 1 amide bonds. The van der Waals surface area contributed by atoms with E-state index in [1.54, 1.807) is 6.07 Å². The van der Waals surface area contributed by atoms with Gasteiger partial charge in [-0.2, -0.15) is 5.26 Å². The van der Waals surface area contributed by atoms with Crippen LogP contribution < -0.4 is 15.8 Å². The molecule has 0 aliphatic carbocycles. The van der Waals surface area contributed by atoms with Gasteiger partial charge in [-0.15, -0.1) is 11.8 Å². The van der Waals surface area contributed by atoms with Crippen LogP contribution in [0.25, 0.3) is 0 Å². The van der Waals surface area contributed by atoms with Crippen molar-refractivity contribution >= 4 is 62.1 Å². The van der Waals surface area contributed by atoms with E-state index in [0.29, 0.717) is 17.3 Å². The number of carbonyl (C=O) groups is 1. The van der Waals surface area contributed by atoms with Crippen molar-refractivity contribution < 1.29 is 13.2 Å². The zero-order valence-electron chi connectivity index (χ0n) is 14.9. The monoisotopic (exact) mass is 458 g/mol. The molecule has 2 aromatic carbocycles. The maximum atomic E-state index is 12.6. The van der Waals surface area contributed by atoms with Gasteiger partial charge in [-0.05, 0) is 36.6 Å². The number of hydrogen-bond acceptors (Lipinski definition) is 7. The number of sulfone groups is 1. The number of hydrogen-bond donors (Lipinski definition) is 2. The number of hydrazine groups is 1. The zero-order chi connectivity index (χ0) is 20.9. The van der Waals surface area contributed by atoms with Gasteiger partial charge in [-0.25, -0.2) is 13.8 Å². The fourth-order valence-corrected chi connectivity index (χ4v) is 4.08. The lowest BCUT2D eigenvalue weighted by atomic mass is 10.1. The number of amides is 1. The van der Waals surface area contributed by atoms with Crippen LogP contribution in [0.1, 0.15) is 10.4 Å². The Morgan fingerprint density at radius 2 is 1.89 bits per heavy atom.